The SMILES string of the molecule is CCn1cc(CC(N)C2CCCS2)cn1. The number of thioether (sulfide) groups is 1. The summed E-state index contributed by atoms with van der Waals surface area (Å²) in [5.74, 6) is 1.28. The van der Waals surface area contributed by atoms with Crippen molar-refractivity contribution in [2.75, 3.05) is 5.75 Å². The molecular weight excluding hydrogens is 206 g/mol. The number of aryl methyl sites for hydroxylation is 1. The molecule has 2 rings (SSSR count). The first kappa shape index (κ1) is 11.0. The largest absolute Gasteiger partial charge is 0.326 e. The van der Waals surface area contributed by atoms with E-state index >= 15 is 0 Å². The summed E-state index contributed by atoms with van der Waals surface area (Å²) in [6, 6.07) is 0.298. The van der Waals surface area contributed by atoms with E-state index < -0.39 is 0 Å². The fourth-order valence-electron chi connectivity index (χ4n) is 2.03. The van der Waals surface area contributed by atoms with E-state index in [1.54, 1.807) is 0 Å². The number of aromatic nitrogens is 2. The zero-order chi connectivity index (χ0) is 10.7. The molecule has 2 atom stereocenters. The van der Waals surface area contributed by atoms with Crippen molar-refractivity contribution in [2.45, 2.75) is 44.0 Å². The van der Waals surface area contributed by atoms with Crippen molar-refractivity contribution in [3.05, 3.63) is 18.0 Å². The van der Waals surface area contributed by atoms with E-state index in [9.17, 15) is 0 Å². The van der Waals surface area contributed by atoms with Crippen LogP contribution in [-0.2, 0) is 13.0 Å². The van der Waals surface area contributed by atoms with Crippen LogP contribution < -0.4 is 5.73 Å². The van der Waals surface area contributed by atoms with Gasteiger partial charge in [-0.05, 0) is 37.5 Å². The highest BCUT2D eigenvalue weighted by Crippen LogP contribution is 2.29. The van der Waals surface area contributed by atoms with Gasteiger partial charge in [-0.15, -0.1) is 0 Å². The molecule has 0 saturated carbocycles. The van der Waals surface area contributed by atoms with Gasteiger partial charge in [0.05, 0.1) is 6.20 Å². The summed E-state index contributed by atoms with van der Waals surface area (Å²) in [5.41, 5.74) is 7.48. The van der Waals surface area contributed by atoms with Gasteiger partial charge in [-0.3, -0.25) is 4.68 Å². The number of hydrogen-bond donors (Lipinski definition) is 1. The number of hydrogen-bond acceptors (Lipinski definition) is 3. The summed E-state index contributed by atoms with van der Waals surface area (Å²) in [6.07, 6.45) is 7.64. The molecule has 1 aliphatic rings. The molecular formula is C11H19N3S. The lowest BCUT2D eigenvalue weighted by Crippen LogP contribution is -2.32. The Kier molecular flexibility index (Phi) is 3.70. The van der Waals surface area contributed by atoms with Gasteiger partial charge in [0.1, 0.15) is 0 Å². The second kappa shape index (κ2) is 5.03. The fourth-order valence-corrected chi connectivity index (χ4v) is 3.34. The molecule has 3 nitrogen and oxygen atoms in total. The molecule has 0 spiro atoms. The molecule has 1 aromatic heterocycles. The average Bonchev–Trinajstić information content (AvgIpc) is 2.87. The lowest BCUT2D eigenvalue weighted by molar-refractivity contribution is 0.607. The maximum Gasteiger partial charge on any atom is 0.0522 e. The first-order valence-electron chi connectivity index (χ1n) is 5.68. The van der Waals surface area contributed by atoms with Crippen molar-refractivity contribution in [1.82, 2.24) is 9.78 Å². The summed E-state index contributed by atoms with van der Waals surface area (Å²) in [6.45, 7) is 3.04. The molecule has 0 radical (unpaired) electrons. The molecule has 2 N–H and O–H groups in total. The van der Waals surface area contributed by atoms with Crippen LogP contribution >= 0.6 is 11.8 Å². The molecule has 0 aliphatic carbocycles. The van der Waals surface area contributed by atoms with Gasteiger partial charge < -0.3 is 5.73 Å². The lowest BCUT2D eigenvalue weighted by atomic mass is 10.0. The van der Waals surface area contributed by atoms with Crippen molar-refractivity contribution < 1.29 is 0 Å². The van der Waals surface area contributed by atoms with Gasteiger partial charge in [-0.1, -0.05) is 0 Å². The Balaban J connectivity index is 1.89. The predicted octanol–water partition coefficient (Wildman–Crippen LogP) is 1.67. The Labute approximate surface area is 95.4 Å². The summed E-state index contributed by atoms with van der Waals surface area (Å²) >= 11 is 2.03. The van der Waals surface area contributed by atoms with E-state index in [2.05, 4.69) is 18.2 Å². The minimum absolute atomic E-state index is 0.298. The van der Waals surface area contributed by atoms with Crippen LogP contribution in [0.25, 0.3) is 0 Å². The second-order valence-corrected chi connectivity index (χ2v) is 5.47. The van der Waals surface area contributed by atoms with Gasteiger partial charge in [-0.25, -0.2) is 0 Å². The van der Waals surface area contributed by atoms with Gasteiger partial charge >= 0.3 is 0 Å². The van der Waals surface area contributed by atoms with E-state index in [4.69, 9.17) is 5.73 Å². The van der Waals surface area contributed by atoms with Crippen molar-refractivity contribution in [3.8, 4) is 0 Å². The Morgan fingerprint density at radius 1 is 1.73 bits per heavy atom. The summed E-state index contributed by atoms with van der Waals surface area (Å²) in [5, 5.41) is 4.93. The smallest absolute Gasteiger partial charge is 0.0522 e. The van der Waals surface area contributed by atoms with Gasteiger partial charge in [-0.2, -0.15) is 16.9 Å². The molecule has 1 aliphatic heterocycles. The monoisotopic (exact) mass is 225 g/mol. The van der Waals surface area contributed by atoms with Gasteiger partial charge in [0.25, 0.3) is 0 Å². The molecule has 84 valence electrons. The molecule has 1 aromatic rings. The van der Waals surface area contributed by atoms with Gasteiger partial charge in [0.15, 0.2) is 0 Å². The minimum atomic E-state index is 0.298. The van der Waals surface area contributed by atoms with Gasteiger partial charge in [0.2, 0.25) is 0 Å². The summed E-state index contributed by atoms with van der Waals surface area (Å²) < 4.78 is 1.96. The molecule has 2 unspecified atom stereocenters. The molecule has 1 saturated heterocycles. The first-order valence-corrected chi connectivity index (χ1v) is 6.73. The van der Waals surface area contributed by atoms with Crippen LogP contribution in [0.2, 0.25) is 0 Å². The Morgan fingerprint density at radius 2 is 2.60 bits per heavy atom. The number of nitrogens with two attached hydrogens (primary N) is 1. The molecule has 2 heterocycles. The first-order chi connectivity index (χ1) is 7.29. The van der Waals surface area contributed by atoms with E-state index in [1.807, 2.05) is 22.6 Å². The summed E-state index contributed by atoms with van der Waals surface area (Å²) in [4.78, 5) is 0. The van der Waals surface area contributed by atoms with Crippen molar-refractivity contribution in [1.29, 1.82) is 0 Å². The Hall–Kier alpha value is -0.480. The molecule has 4 heteroatoms. The van der Waals surface area contributed by atoms with Crippen LogP contribution in [0.1, 0.15) is 25.3 Å². The maximum absolute atomic E-state index is 6.20. The third-order valence-electron chi connectivity index (χ3n) is 2.92. The van der Waals surface area contributed by atoms with Crippen LogP contribution in [0, 0.1) is 0 Å². The lowest BCUT2D eigenvalue weighted by Gasteiger charge is -2.16. The third-order valence-corrected chi connectivity index (χ3v) is 4.46. The van der Waals surface area contributed by atoms with Gasteiger partial charge in [0, 0.05) is 24.0 Å². The minimum Gasteiger partial charge on any atom is -0.326 e. The molecule has 0 amide bonds. The molecule has 15 heavy (non-hydrogen) atoms. The standard InChI is InChI=1S/C11H19N3S/c1-2-14-8-9(7-13-14)6-10(12)11-4-3-5-15-11/h7-8,10-11H,2-6,12H2,1H3. The maximum atomic E-state index is 6.20. The Morgan fingerprint density at radius 3 is 3.20 bits per heavy atom. The van der Waals surface area contributed by atoms with Crippen LogP contribution in [0.5, 0.6) is 0 Å². The van der Waals surface area contributed by atoms with Crippen LogP contribution in [0.4, 0.5) is 0 Å². The molecule has 0 bridgehead atoms. The van der Waals surface area contributed by atoms with Crippen LogP contribution in [-0.4, -0.2) is 26.8 Å². The Bertz CT molecular complexity index is 305. The van der Waals surface area contributed by atoms with Crippen molar-refractivity contribution in [2.24, 2.45) is 5.73 Å². The zero-order valence-electron chi connectivity index (χ0n) is 9.22. The van der Waals surface area contributed by atoms with E-state index in [1.165, 1.54) is 24.2 Å². The number of rotatable bonds is 4. The van der Waals surface area contributed by atoms with Crippen LogP contribution in [0.3, 0.4) is 0 Å². The number of nitrogens with zero attached hydrogens (tertiary/aromatic N) is 2. The molecule has 1 fully saturated rings. The highest BCUT2D eigenvalue weighted by molar-refractivity contribution is 8.00. The highest BCUT2D eigenvalue weighted by Gasteiger charge is 2.22. The van der Waals surface area contributed by atoms with E-state index in [0.717, 1.165) is 13.0 Å². The topological polar surface area (TPSA) is 43.8 Å². The zero-order valence-corrected chi connectivity index (χ0v) is 10.0. The average molecular weight is 225 g/mol. The highest BCUT2D eigenvalue weighted by atomic mass is 32.2. The second-order valence-electron chi connectivity index (χ2n) is 4.12. The fraction of sp³-hybridized carbons (Fsp3) is 0.727. The molecule has 0 aromatic carbocycles. The van der Waals surface area contributed by atoms with E-state index in [0.29, 0.717) is 11.3 Å². The summed E-state index contributed by atoms with van der Waals surface area (Å²) in [7, 11) is 0. The predicted molar refractivity (Wildman–Crippen MR) is 65.1 cm³/mol. The third kappa shape index (κ3) is 2.75. The van der Waals surface area contributed by atoms with Crippen molar-refractivity contribution in [3.63, 3.8) is 0 Å². The normalized spacial score (nSPS) is 23.2. The van der Waals surface area contributed by atoms with Crippen LogP contribution in [0.15, 0.2) is 12.4 Å². The van der Waals surface area contributed by atoms with E-state index in [-0.39, 0.29) is 0 Å². The van der Waals surface area contributed by atoms with Crippen molar-refractivity contribution >= 4 is 11.8 Å². The quantitative estimate of drug-likeness (QED) is 0.847.